The number of aliphatic hydroxyl groups excluding tert-OH is 4. The smallest absolute Gasteiger partial charge is 0.264 e. The third kappa shape index (κ3) is 25.6. The molecule has 0 aromatic heterocycles. The highest BCUT2D eigenvalue weighted by molar-refractivity contribution is 7.85. The minimum atomic E-state index is -3.16. The van der Waals surface area contributed by atoms with Gasteiger partial charge in [0.2, 0.25) is 0 Å². The van der Waals surface area contributed by atoms with E-state index < -0.39 is 10.1 Å². The zero-order valence-electron chi connectivity index (χ0n) is 48.2. The van der Waals surface area contributed by atoms with Crippen LogP contribution < -0.4 is 16.0 Å². The first kappa shape index (κ1) is 76.5. The van der Waals surface area contributed by atoms with Gasteiger partial charge in [0.1, 0.15) is 0 Å². The van der Waals surface area contributed by atoms with Crippen LogP contribution in [0.3, 0.4) is 0 Å². The molecule has 0 fully saturated rings. The van der Waals surface area contributed by atoms with Crippen molar-refractivity contribution in [2.45, 2.75) is 210 Å². The third-order valence-corrected chi connectivity index (χ3v) is 10.3. The zero-order valence-corrected chi connectivity index (χ0v) is 49.1. The fraction of sp³-hybridized carbons (Fsp3) is 0.586. The highest BCUT2D eigenvalue weighted by atomic mass is 32.2. The van der Waals surface area contributed by atoms with Gasteiger partial charge in [0.05, 0.1) is 49.8 Å². The van der Waals surface area contributed by atoms with Crippen molar-refractivity contribution in [1.29, 1.82) is 0 Å². The van der Waals surface area contributed by atoms with Crippen molar-refractivity contribution in [3.05, 3.63) is 105 Å². The van der Waals surface area contributed by atoms with E-state index in [9.17, 15) is 23.7 Å². The molecule has 0 atom stereocenters. The Balaban J connectivity index is -0.000000181. The van der Waals surface area contributed by atoms with Crippen LogP contribution in [0, 0.1) is 20.8 Å². The Bertz CT molecular complexity index is 1860. The average molecular weight is 991 g/mol. The van der Waals surface area contributed by atoms with Crippen molar-refractivity contribution < 1.29 is 33.0 Å². The SMILES string of the molecule is C.CC.CC.CC.CC.CC.CC.CC1=CC(C)(C)Nc2ccc(C)c(CO)c21.CC1=CC(C)(C)Nc2ccc(C)c(CO)c21.CC1=CC(C)(C)Nc2ccc(C)c(CO)c21.CO.COS(C)(=O)=O. The quantitative estimate of drug-likeness (QED) is 0.125. The van der Waals surface area contributed by atoms with Crippen LogP contribution in [-0.2, 0) is 34.1 Å². The molecular formula is C58H107N3O7S. The fourth-order valence-electron chi connectivity index (χ4n) is 7.52. The number of rotatable bonds is 4. The van der Waals surface area contributed by atoms with Crippen LogP contribution in [0.5, 0.6) is 0 Å². The van der Waals surface area contributed by atoms with E-state index in [1.165, 1.54) is 33.4 Å². The first-order chi connectivity index (χ1) is 31.9. The van der Waals surface area contributed by atoms with Gasteiger partial charge in [0.25, 0.3) is 10.1 Å². The molecule has 11 heteroatoms. The van der Waals surface area contributed by atoms with Crippen LogP contribution in [-0.4, -0.2) is 65.9 Å². The van der Waals surface area contributed by atoms with Gasteiger partial charge in [0, 0.05) is 40.9 Å². The van der Waals surface area contributed by atoms with E-state index in [0.29, 0.717) is 0 Å². The molecule has 69 heavy (non-hydrogen) atoms. The molecule has 0 spiro atoms. The molecule has 0 saturated carbocycles. The summed E-state index contributed by atoms with van der Waals surface area (Å²) in [5.74, 6) is 0. The van der Waals surface area contributed by atoms with Gasteiger partial charge in [0.15, 0.2) is 0 Å². The van der Waals surface area contributed by atoms with Crippen LogP contribution in [0.2, 0.25) is 0 Å². The van der Waals surface area contributed by atoms with E-state index in [-0.39, 0.29) is 43.9 Å². The molecule has 7 N–H and O–H groups in total. The monoisotopic (exact) mass is 990 g/mol. The maximum atomic E-state index is 9.78. The second-order valence-electron chi connectivity index (χ2n) is 16.2. The van der Waals surface area contributed by atoms with E-state index in [2.05, 4.69) is 137 Å². The van der Waals surface area contributed by atoms with Gasteiger partial charge < -0.3 is 36.4 Å². The summed E-state index contributed by atoms with van der Waals surface area (Å²) in [6.45, 7) is 49.7. The van der Waals surface area contributed by atoms with Gasteiger partial charge in [-0.05, 0) is 151 Å². The predicted molar refractivity (Wildman–Crippen MR) is 310 cm³/mol. The molecular weight excluding hydrogens is 883 g/mol. The Labute approximate surface area is 426 Å². The summed E-state index contributed by atoms with van der Waals surface area (Å²) in [4.78, 5) is 0. The van der Waals surface area contributed by atoms with Gasteiger partial charge in [-0.15, -0.1) is 0 Å². The molecule has 3 aromatic carbocycles. The van der Waals surface area contributed by atoms with Crippen LogP contribution >= 0.6 is 0 Å². The summed E-state index contributed by atoms with van der Waals surface area (Å²) in [5.41, 5.74) is 17.1. The molecule has 3 aliphatic rings. The van der Waals surface area contributed by atoms with Crippen molar-refractivity contribution >= 4 is 43.9 Å². The van der Waals surface area contributed by atoms with Crippen molar-refractivity contribution in [2.24, 2.45) is 0 Å². The largest absolute Gasteiger partial charge is 0.400 e. The maximum absolute atomic E-state index is 9.78. The molecule has 0 unspecified atom stereocenters. The van der Waals surface area contributed by atoms with E-state index in [4.69, 9.17) is 5.11 Å². The second kappa shape index (κ2) is 38.7. The lowest BCUT2D eigenvalue weighted by atomic mass is 9.87. The molecule has 3 heterocycles. The Morgan fingerprint density at radius 3 is 0.768 bits per heavy atom. The van der Waals surface area contributed by atoms with Gasteiger partial charge in [-0.2, -0.15) is 8.42 Å². The lowest BCUT2D eigenvalue weighted by molar-refractivity contribution is 0.280. The number of benzene rings is 3. The Morgan fingerprint density at radius 1 is 0.449 bits per heavy atom. The Kier molecular flexibility index (Phi) is 43.0. The van der Waals surface area contributed by atoms with E-state index in [1.807, 2.05) is 104 Å². The molecule has 402 valence electrons. The lowest BCUT2D eigenvalue weighted by Gasteiger charge is -2.33. The summed E-state index contributed by atoms with van der Waals surface area (Å²) in [6, 6.07) is 12.5. The topological polar surface area (TPSA) is 160 Å². The number of aliphatic hydroxyl groups is 4. The van der Waals surface area contributed by atoms with E-state index in [1.54, 1.807) is 0 Å². The number of allylic oxidation sites excluding steroid dienone is 3. The van der Waals surface area contributed by atoms with Crippen molar-refractivity contribution in [2.75, 3.05) is 36.4 Å². The summed E-state index contributed by atoms with van der Waals surface area (Å²) < 4.78 is 23.5. The Hall–Kier alpha value is -3.97. The normalized spacial score (nSPS) is 13.8. The number of nitrogens with one attached hydrogen (secondary N) is 3. The van der Waals surface area contributed by atoms with Crippen LogP contribution in [0.15, 0.2) is 54.6 Å². The number of hydrogen-bond donors (Lipinski definition) is 7. The Morgan fingerprint density at radius 2 is 0.623 bits per heavy atom. The second-order valence-corrected chi connectivity index (χ2v) is 18.0. The summed E-state index contributed by atoms with van der Waals surface area (Å²) in [7, 11) is -1.04. The minimum Gasteiger partial charge on any atom is -0.400 e. The van der Waals surface area contributed by atoms with Crippen LogP contribution in [0.25, 0.3) is 16.7 Å². The molecule has 0 amide bonds. The summed E-state index contributed by atoms with van der Waals surface area (Å²) in [5, 5.41) is 45.8. The molecule has 10 nitrogen and oxygen atoms in total. The number of aryl methyl sites for hydroxylation is 3. The first-order valence-corrected chi connectivity index (χ1v) is 26.6. The third-order valence-electron chi connectivity index (χ3n) is 9.70. The van der Waals surface area contributed by atoms with Crippen LogP contribution in [0.1, 0.15) is 203 Å². The fourth-order valence-corrected chi connectivity index (χ4v) is 7.52. The molecule has 0 radical (unpaired) electrons. The van der Waals surface area contributed by atoms with E-state index in [0.717, 1.165) is 70.9 Å². The summed E-state index contributed by atoms with van der Waals surface area (Å²) in [6.07, 6.45) is 7.64. The number of fused-ring (bicyclic) bond motifs is 3. The first-order valence-electron chi connectivity index (χ1n) is 24.7. The minimum absolute atomic E-state index is 0. The lowest BCUT2D eigenvalue weighted by Crippen LogP contribution is -2.32. The maximum Gasteiger partial charge on any atom is 0.264 e. The van der Waals surface area contributed by atoms with Crippen molar-refractivity contribution in [3.63, 3.8) is 0 Å². The summed E-state index contributed by atoms with van der Waals surface area (Å²) >= 11 is 0. The molecule has 0 saturated heterocycles. The van der Waals surface area contributed by atoms with Gasteiger partial charge in [-0.25, -0.2) is 0 Å². The highest BCUT2D eigenvalue weighted by Crippen LogP contribution is 2.39. The standard InChI is InChI=1S/3C14H19NO.C2H6O3S.6C2H6.CH4O.CH4/c3*1-9-5-6-12-13(11(9)8-16)10(2)7-14(3,4)15-12;1-5-6(2,3)4;7*1-2;/h3*5-7,15-16H,8H2,1-4H3;1-2H3;6*1-2H3;2H,1H3;1H4. The van der Waals surface area contributed by atoms with Crippen LogP contribution in [0.4, 0.5) is 17.1 Å². The molecule has 6 rings (SSSR count). The van der Waals surface area contributed by atoms with E-state index >= 15 is 0 Å². The molecule has 3 aromatic rings. The molecule has 0 bridgehead atoms. The van der Waals surface area contributed by atoms with Gasteiger partial charge in [-0.1, -0.05) is 127 Å². The van der Waals surface area contributed by atoms with Crippen molar-refractivity contribution in [3.8, 4) is 0 Å². The molecule has 3 aliphatic heterocycles. The van der Waals surface area contributed by atoms with Gasteiger partial charge in [-0.3, -0.25) is 4.18 Å². The van der Waals surface area contributed by atoms with Gasteiger partial charge >= 0.3 is 0 Å². The number of hydrogen-bond acceptors (Lipinski definition) is 10. The predicted octanol–water partition coefficient (Wildman–Crippen LogP) is 15.3. The highest BCUT2D eigenvalue weighted by Gasteiger charge is 2.27. The molecule has 0 aliphatic carbocycles. The average Bonchev–Trinajstić information content (AvgIpc) is 3.31. The van der Waals surface area contributed by atoms with Crippen molar-refractivity contribution in [1.82, 2.24) is 0 Å². The number of anilines is 3. The zero-order chi connectivity index (χ0) is 55.0.